The van der Waals surface area contributed by atoms with E-state index in [4.69, 9.17) is 0 Å². The number of pyridine rings is 1. The fourth-order valence-corrected chi connectivity index (χ4v) is 2.20. The number of carbonyl (C=O) groups is 1. The molecule has 0 fully saturated rings. The van der Waals surface area contributed by atoms with E-state index in [0.717, 1.165) is 22.3 Å². The molecule has 2 N–H and O–H groups in total. The normalized spacial score (nSPS) is 10.7. The Morgan fingerprint density at radius 1 is 1.10 bits per heavy atom. The molecule has 5 heteroatoms. The molecule has 3 rings (SSSR count). The Hall–Kier alpha value is -2.69. The monoisotopic (exact) mass is 266 g/mol. The summed E-state index contributed by atoms with van der Waals surface area (Å²) >= 11 is 0. The molecule has 0 saturated heterocycles. The smallest absolute Gasteiger partial charge is 0.257 e. The number of imidazole rings is 1. The predicted molar refractivity (Wildman–Crippen MR) is 77.8 cm³/mol. The summed E-state index contributed by atoms with van der Waals surface area (Å²) in [6.45, 7) is 4.00. The zero-order valence-corrected chi connectivity index (χ0v) is 11.3. The van der Waals surface area contributed by atoms with E-state index in [2.05, 4.69) is 26.3 Å². The van der Waals surface area contributed by atoms with Gasteiger partial charge in [-0.15, -0.1) is 0 Å². The van der Waals surface area contributed by atoms with Crippen LogP contribution >= 0.6 is 0 Å². The van der Waals surface area contributed by atoms with Crippen molar-refractivity contribution in [2.45, 2.75) is 13.8 Å². The number of aromatic nitrogens is 3. The Kier molecular flexibility index (Phi) is 2.95. The number of benzene rings is 1. The van der Waals surface area contributed by atoms with Gasteiger partial charge in [0, 0.05) is 11.9 Å². The van der Waals surface area contributed by atoms with Crippen LogP contribution in [0.4, 0.5) is 5.69 Å². The standard InChI is InChI=1S/C15H14N4O/c1-9-3-10(2)5-12(4-9)19-15(20)11-6-13-14(16-7-11)18-8-17-13/h3-8H,1-2H3,(H,19,20)(H,16,17,18). The maximum Gasteiger partial charge on any atom is 0.257 e. The third kappa shape index (κ3) is 2.38. The van der Waals surface area contributed by atoms with Gasteiger partial charge in [0.25, 0.3) is 5.91 Å². The summed E-state index contributed by atoms with van der Waals surface area (Å²) in [5.41, 5.74) is 4.87. The molecule has 0 unspecified atom stereocenters. The third-order valence-electron chi connectivity index (χ3n) is 3.02. The molecule has 3 aromatic rings. The van der Waals surface area contributed by atoms with Gasteiger partial charge in [0.15, 0.2) is 5.65 Å². The number of H-pyrrole nitrogens is 1. The molecule has 0 bridgehead atoms. The summed E-state index contributed by atoms with van der Waals surface area (Å²) in [4.78, 5) is 23.3. The number of fused-ring (bicyclic) bond motifs is 1. The number of anilines is 1. The molecule has 20 heavy (non-hydrogen) atoms. The van der Waals surface area contributed by atoms with Crippen molar-refractivity contribution in [2.24, 2.45) is 0 Å². The number of rotatable bonds is 2. The Morgan fingerprint density at radius 2 is 1.85 bits per heavy atom. The summed E-state index contributed by atoms with van der Waals surface area (Å²) in [6.07, 6.45) is 3.09. The van der Waals surface area contributed by atoms with Gasteiger partial charge in [-0.25, -0.2) is 9.97 Å². The minimum Gasteiger partial charge on any atom is -0.343 e. The quantitative estimate of drug-likeness (QED) is 0.749. The van der Waals surface area contributed by atoms with E-state index in [9.17, 15) is 4.79 Å². The second kappa shape index (κ2) is 4.77. The first-order valence-corrected chi connectivity index (χ1v) is 6.30. The summed E-state index contributed by atoms with van der Waals surface area (Å²) in [5.74, 6) is -0.181. The molecule has 0 aliphatic rings. The van der Waals surface area contributed by atoms with Gasteiger partial charge in [-0.3, -0.25) is 4.79 Å². The van der Waals surface area contributed by atoms with E-state index in [1.165, 1.54) is 6.20 Å². The fraction of sp³-hybridized carbons (Fsp3) is 0.133. The molecule has 0 atom stereocenters. The molecule has 1 aromatic carbocycles. The van der Waals surface area contributed by atoms with Gasteiger partial charge in [0.2, 0.25) is 0 Å². The zero-order valence-electron chi connectivity index (χ0n) is 11.3. The molecule has 100 valence electrons. The van der Waals surface area contributed by atoms with Crippen molar-refractivity contribution in [3.05, 3.63) is 53.5 Å². The summed E-state index contributed by atoms with van der Waals surface area (Å²) < 4.78 is 0. The van der Waals surface area contributed by atoms with Crippen molar-refractivity contribution in [1.82, 2.24) is 15.0 Å². The lowest BCUT2D eigenvalue weighted by molar-refractivity contribution is 0.102. The van der Waals surface area contributed by atoms with Crippen molar-refractivity contribution in [3.8, 4) is 0 Å². The number of carbonyl (C=O) groups excluding carboxylic acids is 1. The number of aromatic amines is 1. The number of aryl methyl sites for hydroxylation is 2. The van der Waals surface area contributed by atoms with E-state index >= 15 is 0 Å². The second-order valence-corrected chi connectivity index (χ2v) is 4.83. The SMILES string of the molecule is Cc1cc(C)cc(NC(=O)c2cnc3nc[nH]c3c2)c1. The van der Waals surface area contributed by atoms with Crippen LogP contribution in [0.25, 0.3) is 11.2 Å². The second-order valence-electron chi connectivity index (χ2n) is 4.83. The van der Waals surface area contributed by atoms with Crippen LogP contribution in [0.15, 0.2) is 36.8 Å². The predicted octanol–water partition coefficient (Wildman–Crippen LogP) is 2.83. The van der Waals surface area contributed by atoms with E-state index < -0.39 is 0 Å². The molecule has 2 heterocycles. The average molecular weight is 266 g/mol. The molecular formula is C15H14N4O. The summed E-state index contributed by atoms with van der Waals surface area (Å²) in [6, 6.07) is 7.68. The minimum atomic E-state index is -0.181. The molecule has 0 radical (unpaired) electrons. The molecule has 5 nitrogen and oxygen atoms in total. The van der Waals surface area contributed by atoms with Crippen molar-refractivity contribution < 1.29 is 4.79 Å². The van der Waals surface area contributed by atoms with Gasteiger partial charge in [-0.1, -0.05) is 6.07 Å². The largest absolute Gasteiger partial charge is 0.343 e. The molecule has 0 spiro atoms. The van der Waals surface area contributed by atoms with Gasteiger partial charge in [-0.05, 0) is 43.2 Å². The highest BCUT2D eigenvalue weighted by molar-refractivity contribution is 6.05. The number of amides is 1. The topological polar surface area (TPSA) is 70.7 Å². The summed E-state index contributed by atoms with van der Waals surface area (Å²) in [7, 11) is 0. The number of nitrogens with zero attached hydrogens (tertiary/aromatic N) is 2. The minimum absolute atomic E-state index is 0.181. The highest BCUT2D eigenvalue weighted by Gasteiger charge is 2.09. The molecular weight excluding hydrogens is 252 g/mol. The van der Waals surface area contributed by atoms with Gasteiger partial charge in [-0.2, -0.15) is 0 Å². The van der Waals surface area contributed by atoms with Crippen molar-refractivity contribution >= 4 is 22.8 Å². The highest BCUT2D eigenvalue weighted by Crippen LogP contribution is 2.15. The van der Waals surface area contributed by atoms with Crippen LogP contribution in [0.1, 0.15) is 21.5 Å². The number of hydrogen-bond acceptors (Lipinski definition) is 3. The molecule has 0 aliphatic heterocycles. The maximum atomic E-state index is 12.2. The van der Waals surface area contributed by atoms with Crippen LogP contribution in [0, 0.1) is 13.8 Å². The first kappa shape index (κ1) is 12.3. The molecule has 2 aromatic heterocycles. The Bertz CT molecular complexity index is 771. The fourth-order valence-electron chi connectivity index (χ4n) is 2.20. The highest BCUT2D eigenvalue weighted by atomic mass is 16.1. The van der Waals surface area contributed by atoms with E-state index in [0.29, 0.717) is 11.2 Å². The van der Waals surface area contributed by atoms with Crippen LogP contribution < -0.4 is 5.32 Å². The van der Waals surface area contributed by atoms with Crippen molar-refractivity contribution in [1.29, 1.82) is 0 Å². The Labute approximate surface area is 116 Å². The lowest BCUT2D eigenvalue weighted by Crippen LogP contribution is -2.12. The average Bonchev–Trinajstić information content (AvgIpc) is 2.84. The number of hydrogen-bond donors (Lipinski definition) is 2. The molecule has 0 aliphatic carbocycles. The lowest BCUT2D eigenvalue weighted by atomic mass is 10.1. The van der Waals surface area contributed by atoms with Crippen LogP contribution in [-0.4, -0.2) is 20.9 Å². The third-order valence-corrected chi connectivity index (χ3v) is 3.02. The van der Waals surface area contributed by atoms with Gasteiger partial charge < -0.3 is 10.3 Å². The Balaban J connectivity index is 1.88. The van der Waals surface area contributed by atoms with Crippen molar-refractivity contribution in [2.75, 3.05) is 5.32 Å². The lowest BCUT2D eigenvalue weighted by Gasteiger charge is -2.07. The first-order chi connectivity index (χ1) is 9.61. The van der Waals surface area contributed by atoms with Crippen LogP contribution in [0.2, 0.25) is 0 Å². The van der Waals surface area contributed by atoms with Gasteiger partial charge >= 0.3 is 0 Å². The molecule has 0 saturated carbocycles. The molecule has 1 amide bonds. The maximum absolute atomic E-state index is 12.2. The van der Waals surface area contributed by atoms with Crippen LogP contribution in [0.5, 0.6) is 0 Å². The summed E-state index contributed by atoms with van der Waals surface area (Å²) in [5, 5.41) is 2.88. The van der Waals surface area contributed by atoms with E-state index in [1.807, 2.05) is 26.0 Å². The zero-order chi connectivity index (χ0) is 14.1. The van der Waals surface area contributed by atoms with Crippen molar-refractivity contribution in [3.63, 3.8) is 0 Å². The van der Waals surface area contributed by atoms with E-state index in [1.54, 1.807) is 12.4 Å². The Morgan fingerprint density at radius 3 is 2.60 bits per heavy atom. The van der Waals surface area contributed by atoms with Crippen LogP contribution in [0.3, 0.4) is 0 Å². The van der Waals surface area contributed by atoms with Gasteiger partial charge in [0.1, 0.15) is 0 Å². The number of nitrogens with one attached hydrogen (secondary N) is 2. The van der Waals surface area contributed by atoms with Gasteiger partial charge in [0.05, 0.1) is 17.4 Å². The van der Waals surface area contributed by atoms with Crippen LogP contribution in [-0.2, 0) is 0 Å². The first-order valence-electron chi connectivity index (χ1n) is 6.30. The van der Waals surface area contributed by atoms with E-state index in [-0.39, 0.29) is 5.91 Å².